The largest absolute Gasteiger partial charge is 0.493 e. The molecular formula is C21H24O7. The lowest BCUT2D eigenvalue weighted by molar-refractivity contribution is 0.0474. The Labute approximate surface area is 164 Å². The third-order valence-corrected chi connectivity index (χ3v) is 3.82. The van der Waals surface area contributed by atoms with E-state index in [4.69, 9.17) is 23.7 Å². The van der Waals surface area contributed by atoms with Gasteiger partial charge in [-0.05, 0) is 50.2 Å². The number of methoxy groups -OCH3 is 2. The van der Waals surface area contributed by atoms with Gasteiger partial charge in [-0.15, -0.1) is 0 Å². The average Bonchev–Trinajstić information content (AvgIpc) is 2.72. The van der Waals surface area contributed by atoms with E-state index in [-0.39, 0.29) is 11.3 Å². The van der Waals surface area contributed by atoms with Crippen LogP contribution in [0.5, 0.6) is 23.0 Å². The maximum Gasteiger partial charge on any atom is 0.338 e. The van der Waals surface area contributed by atoms with Crippen molar-refractivity contribution in [2.75, 3.05) is 34.0 Å². The first-order valence-electron chi connectivity index (χ1n) is 8.86. The van der Waals surface area contributed by atoms with Crippen molar-refractivity contribution in [3.8, 4) is 23.0 Å². The van der Waals surface area contributed by atoms with Gasteiger partial charge >= 0.3 is 5.97 Å². The topological polar surface area (TPSA) is 80.3 Å². The number of hydrogen-bond acceptors (Lipinski definition) is 7. The van der Waals surface area contributed by atoms with E-state index in [0.29, 0.717) is 41.8 Å². The van der Waals surface area contributed by atoms with Gasteiger partial charge in [0.15, 0.2) is 35.4 Å². The Kier molecular flexibility index (Phi) is 7.68. The van der Waals surface area contributed by atoms with Gasteiger partial charge in [0.05, 0.1) is 33.0 Å². The molecule has 7 heteroatoms. The van der Waals surface area contributed by atoms with Crippen molar-refractivity contribution in [1.82, 2.24) is 0 Å². The second-order valence-corrected chi connectivity index (χ2v) is 5.60. The van der Waals surface area contributed by atoms with Crippen LogP contribution in [0.2, 0.25) is 0 Å². The van der Waals surface area contributed by atoms with Crippen molar-refractivity contribution in [2.45, 2.75) is 13.8 Å². The van der Waals surface area contributed by atoms with Gasteiger partial charge in [0.2, 0.25) is 0 Å². The van der Waals surface area contributed by atoms with Crippen LogP contribution in [0.4, 0.5) is 0 Å². The first kappa shape index (κ1) is 21.1. The van der Waals surface area contributed by atoms with Gasteiger partial charge in [0.1, 0.15) is 0 Å². The molecule has 0 aliphatic carbocycles. The molecule has 0 aromatic heterocycles. The van der Waals surface area contributed by atoms with Crippen LogP contribution < -0.4 is 18.9 Å². The highest BCUT2D eigenvalue weighted by atomic mass is 16.5. The Morgan fingerprint density at radius 1 is 0.750 bits per heavy atom. The highest BCUT2D eigenvalue weighted by Crippen LogP contribution is 2.29. The van der Waals surface area contributed by atoms with Crippen molar-refractivity contribution in [3.63, 3.8) is 0 Å². The first-order chi connectivity index (χ1) is 13.5. The molecule has 0 fully saturated rings. The standard InChI is InChI=1S/C21H24O7/c1-5-26-18-10-8-15(12-20(18)27-6-2)21(23)28-13-16(22)14-7-9-17(24-3)19(11-14)25-4/h7-12H,5-6,13H2,1-4H3. The monoisotopic (exact) mass is 388 g/mol. The van der Waals surface area contributed by atoms with Gasteiger partial charge in [-0.2, -0.15) is 0 Å². The lowest BCUT2D eigenvalue weighted by Gasteiger charge is -2.12. The summed E-state index contributed by atoms with van der Waals surface area (Å²) in [5.74, 6) is 0.942. The molecule has 2 aromatic carbocycles. The van der Waals surface area contributed by atoms with Crippen molar-refractivity contribution in [2.24, 2.45) is 0 Å². The molecule has 150 valence electrons. The quantitative estimate of drug-likeness (QED) is 0.455. The molecule has 28 heavy (non-hydrogen) atoms. The van der Waals surface area contributed by atoms with Crippen LogP contribution in [0, 0.1) is 0 Å². The molecule has 7 nitrogen and oxygen atoms in total. The van der Waals surface area contributed by atoms with E-state index >= 15 is 0 Å². The highest BCUT2D eigenvalue weighted by molar-refractivity contribution is 6.00. The molecule has 0 N–H and O–H groups in total. The molecule has 0 atom stereocenters. The maximum absolute atomic E-state index is 12.3. The van der Waals surface area contributed by atoms with Crippen molar-refractivity contribution in [3.05, 3.63) is 47.5 Å². The predicted octanol–water partition coefficient (Wildman–Crippen LogP) is 3.54. The molecule has 0 amide bonds. The Hall–Kier alpha value is -3.22. The first-order valence-corrected chi connectivity index (χ1v) is 8.86. The zero-order chi connectivity index (χ0) is 20.5. The summed E-state index contributed by atoms with van der Waals surface area (Å²) in [5, 5.41) is 0. The highest BCUT2D eigenvalue weighted by Gasteiger charge is 2.16. The Balaban J connectivity index is 2.07. The van der Waals surface area contributed by atoms with E-state index in [0.717, 1.165) is 0 Å². The van der Waals surface area contributed by atoms with E-state index in [1.54, 1.807) is 30.3 Å². The summed E-state index contributed by atoms with van der Waals surface area (Å²) in [7, 11) is 2.99. The van der Waals surface area contributed by atoms with Crippen LogP contribution in [0.15, 0.2) is 36.4 Å². The van der Waals surface area contributed by atoms with Gasteiger partial charge in [-0.1, -0.05) is 0 Å². The van der Waals surface area contributed by atoms with Crippen LogP contribution >= 0.6 is 0 Å². The number of benzene rings is 2. The Bertz CT molecular complexity index is 829. The lowest BCUT2D eigenvalue weighted by Crippen LogP contribution is -2.14. The Morgan fingerprint density at radius 2 is 1.32 bits per heavy atom. The summed E-state index contributed by atoms with van der Waals surface area (Å²) in [6.07, 6.45) is 0. The van der Waals surface area contributed by atoms with Crippen molar-refractivity contribution in [1.29, 1.82) is 0 Å². The minimum Gasteiger partial charge on any atom is -0.493 e. The van der Waals surface area contributed by atoms with Crippen LogP contribution in [0.1, 0.15) is 34.6 Å². The minimum atomic E-state index is -0.627. The summed E-state index contributed by atoms with van der Waals surface area (Å²) in [6.45, 7) is 4.20. The maximum atomic E-state index is 12.3. The third kappa shape index (κ3) is 5.16. The van der Waals surface area contributed by atoms with E-state index in [2.05, 4.69) is 0 Å². The molecule has 2 rings (SSSR count). The molecule has 0 aliphatic heterocycles. The molecule has 0 aliphatic rings. The minimum absolute atomic E-state index is 0.270. The second-order valence-electron chi connectivity index (χ2n) is 5.60. The molecule has 0 saturated carbocycles. The zero-order valence-corrected chi connectivity index (χ0v) is 16.4. The number of rotatable bonds is 10. The lowest BCUT2D eigenvalue weighted by atomic mass is 10.1. The fourth-order valence-electron chi connectivity index (χ4n) is 2.49. The average molecular weight is 388 g/mol. The summed E-state index contributed by atoms with van der Waals surface area (Å²) in [5.41, 5.74) is 0.624. The van der Waals surface area contributed by atoms with E-state index in [1.807, 2.05) is 13.8 Å². The predicted molar refractivity (Wildman–Crippen MR) is 103 cm³/mol. The third-order valence-electron chi connectivity index (χ3n) is 3.82. The normalized spacial score (nSPS) is 10.1. The molecule has 0 spiro atoms. The fraction of sp³-hybridized carbons (Fsp3) is 0.333. The number of carbonyl (C=O) groups excluding carboxylic acids is 2. The van der Waals surface area contributed by atoms with Gasteiger partial charge in [-0.3, -0.25) is 4.79 Å². The number of esters is 1. The van der Waals surface area contributed by atoms with Gasteiger partial charge < -0.3 is 23.7 Å². The van der Waals surface area contributed by atoms with Crippen LogP contribution in [-0.4, -0.2) is 45.8 Å². The molecule has 2 aromatic rings. The van der Waals surface area contributed by atoms with Gasteiger partial charge in [0.25, 0.3) is 0 Å². The van der Waals surface area contributed by atoms with E-state index in [9.17, 15) is 9.59 Å². The number of carbonyl (C=O) groups is 2. The molecule has 0 bridgehead atoms. The van der Waals surface area contributed by atoms with Gasteiger partial charge in [0, 0.05) is 5.56 Å². The van der Waals surface area contributed by atoms with Crippen molar-refractivity contribution >= 4 is 11.8 Å². The fourth-order valence-corrected chi connectivity index (χ4v) is 2.49. The number of Topliss-reactive ketones (excluding diaryl/α,β-unsaturated/α-hetero) is 1. The molecule has 0 saturated heterocycles. The zero-order valence-electron chi connectivity index (χ0n) is 16.4. The summed E-state index contributed by atoms with van der Waals surface area (Å²) in [6, 6.07) is 9.49. The summed E-state index contributed by atoms with van der Waals surface area (Å²) < 4.78 is 26.4. The second kappa shape index (κ2) is 10.2. The van der Waals surface area contributed by atoms with E-state index < -0.39 is 12.6 Å². The Morgan fingerprint density at radius 3 is 1.96 bits per heavy atom. The van der Waals surface area contributed by atoms with Crippen molar-refractivity contribution < 1.29 is 33.3 Å². The number of ketones is 1. The summed E-state index contributed by atoms with van der Waals surface area (Å²) in [4.78, 5) is 24.7. The summed E-state index contributed by atoms with van der Waals surface area (Å²) >= 11 is 0. The SMILES string of the molecule is CCOc1ccc(C(=O)OCC(=O)c2ccc(OC)c(OC)c2)cc1OCC. The molecule has 0 unspecified atom stereocenters. The van der Waals surface area contributed by atoms with Crippen LogP contribution in [0.25, 0.3) is 0 Å². The van der Waals surface area contributed by atoms with Crippen LogP contribution in [0.3, 0.4) is 0 Å². The van der Waals surface area contributed by atoms with Gasteiger partial charge in [-0.25, -0.2) is 4.79 Å². The van der Waals surface area contributed by atoms with E-state index in [1.165, 1.54) is 20.3 Å². The van der Waals surface area contributed by atoms with Crippen LogP contribution in [-0.2, 0) is 4.74 Å². The number of ether oxygens (including phenoxy) is 5. The molecular weight excluding hydrogens is 364 g/mol. The number of hydrogen-bond donors (Lipinski definition) is 0. The molecule has 0 heterocycles. The smallest absolute Gasteiger partial charge is 0.338 e. The molecule has 0 radical (unpaired) electrons.